The summed E-state index contributed by atoms with van der Waals surface area (Å²) in [5.41, 5.74) is 2.78. The van der Waals surface area contributed by atoms with E-state index in [1.54, 1.807) is 13.3 Å². The zero-order valence-electron chi connectivity index (χ0n) is 13.5. The van der Waals surface area contributed by atoms with Crippen molar-refractivity contribution >= 4 is 22.9 Å². The molecule has 5 heteroatoms. The molecule has 0 bridgehead atoms. The highest BCUT2D eigenvalue weighted by Gasteiger charge is 2.13. The summed E-state index contributed by atoms with van der Waals surface area (Å²) >= 11 is 1.38. The van der Waals surface area contributed by atoms with Crippen molar-refractivity contribution in [1.82, 2.24) is 4.98 Å². The van der Waals surface area contributed by atoms with Crippen LogP contribution in [0.25, 0.3) is 10.6 Å². The molecule has 0 spiro atoms. The van der Waals surface area contributed by atoms with Crippen LogP contribution in [0, 0.1) is 0 Å². The lowest BCUT2D eigenvalue weighted by molar-refractivity contribution is 0.103. The molecule has 3 rings (SSSR count). The Labute approximate surface area is 145 Å². The summed E-state index contributed by atoms with van der Waals surface area (Å²) in [5.74, 6) is -0.156. The molecule has 0 aliphatic carbocycles. The minimum Gasteiger partial charge on any atom is -0.377 e. The van der Waals surface area contributed by atoms with Crippen LogP contribution in [0.1, 0.15) is 28.3 Å². The van der Waals surface area contributed by atoms with Gasteiger partial charge < -0.3 is 10.1 Å². The minimum absolute atomic E-state index is 0.0186. The first-order valence-corrected chi connectivity index (χ1v) is 8.44. The first-order chi connectivity index (χ1) is 11.7. The van der Waals surface area contributed by atoms with Gasteiger partial charge in [0.05, 0.1) is 12.3 Å². The van der Waals surface area contributed by atoms with Crippen LogP contribution in [0.2, 0.25) is 0 Å². The number of benzene rings is 2. The van der Waals surface area contributed by atoms with E-state index < -0.39 is 0 Å². The highest BCUT2D eigenvalue weighted by atomic mass is 32.1. The molecule has 1 heterocycles. The quantitative estimate of drug-likeness (QED) is 0.729. The maximum absolute atomic E-state index is 12.4. The number of thiazole rings is 1. The predicted octanol–water partition coefficient (Wildman–Crippen LogP) is 4.77. The molecule has 0 saturated carbocycles. The van der Waals surface area contributed by atoms with Gasteiger partial charge in [0, 0.05) is 18.4 Å². The molecule has 0 radical (unpaired) electrons. The average Bonchev–Trinajstić information content (AvgIpc) is 3.12. The Morgan fingerprint density at radius 2 is 1.96 bits per heavy atom. The van der Waals surface area contributed by atoms with Gasteiger partial charge in [-0.1, -0.05) is 42.5 Å². The molecule has 0 saturated heterocycles. The van der Waals surface area contributed by atoms with Gasteiger partial charge in [0.15, 0.2) is 0 Å². The second-order valence-corrected chi connectivity index (χ2v) is 6.38. The van der Waals surface area contributed by atoms with Crippen molar-refractivity contribution < 1.29 is 9.53 Å². The predicted molar refractivity (Wildman–Crippen MR) is 97.4 cm³/mol. The van der Waals surface area contributed by atoms with E-state index in [0.717, 1.165) is 21.8 Å². The van der Waals surface area contributed by atoms with E-state index in [1.807, 2.05) is 61.5 Å². The van der Waals surface area contributed by atoms with Gasteiger partial charge in [0.25, 0.3) is 5.91 Å². The van der Waals surface area contributed by atoms with Crippen molar-refractivity contribution in [2.24, 2.45) is 0 Å². The molecule has 1 unspecified atom stereocenters. The Balaban J connectivity index is 1.75. The zero-order valence-corrected chi connectivity index (χ0v) is 14.3. The van der Waals surface area contributed by atoms with Crippen molar-refractivity contribution in [2.75, 3.05) is 12.4 Å². The van der Waals surface area contributed by atoms with Gasteiger partial charge in [-0.15, -0.1) is 11.3 Å². The summed E-state index contributed by atoms with van der Waals surface area (Å²) in [6, 6.07) is 17.5. The second kappa shape index (κ2) is 7.38. The third-order valence-electron chi connectivity index (χ3n) is 3.72. The number of amides is 1. The largest absolute Gasteiger partial charge is 0.377 e. The topological polar surface area (TPSA) is 51.2 Å². The lowest BCUT2D eigenvalue weighted by Crippen LogP contribution is -2.10. The molecule has 1 atom stereocenters. The van der Waals surface area contributed by atoms with Gasteiger partial charge >= 0.3 is 0 Å². The van der Waals surface area contributed by atoms with E-state index >= 15 is 0 Å². The molecular formula is C19H18N2O2S. The number of ether oxygens (including phenoxy) is 1. The number of hydrogen-bond acceptors (Lipinski definition) is 4. The van der Waals surface area contributed by atoms with Crippen LogP contribution in [-0.2, 0) is 4.74 Å². The maximum atomic E-state index is 12.4. The molecule has 0 aliphatic heterocycles. The normalized spacial score (nSPS) is 11.9. The van der Waals surface area contributed by atoms with Crippen molar-refractivity contribution in [3.8, 4) is 10.6 Å². The standard InChI is InChI=1S/C19H18N2O2S/c1-13(23-2)15-9-6-10-16(11-15)21-18(22)17-12-20-19(24-17)14-7-4-3-5-8-14/h3-13H,1-2H3,(H,21,22). The molecule has 1 amide bonds. The molecule has 1 aromatic heterocycles. The van der Waals surface area contributed by atoms with Gasteiger partial charge in [-0.3, -0.25) is 4.79 Å². The Kier molecular flexibility index (Phi) is 5.03. The van der Waals surface area contributed by atoms with Gasteiger partial charge in [-0.25, -0.2) is 4.98 Å². The number of nitrogens with one attached hydrogen (secondary N) is 1. The highest BCUT2D eigenvalue weighted by molar-refractivity contribution is 7.17. The number of hydrogen-bond donors (Lipinski definition) is 1. The number of carbonyl (C=O) groups is 1. The monoisotopic (exact) mass is 338 g/mol. The average molecular weight is 338 g/mol. The van der Waals surface area contributed by atoms with Crippen molar-refractivity contribution in [1.29, 1.82) is 0 Å². The van der Waals surface area contributed by atoms with Crippen LogP contribution in [0.3, 0.4) is 0 Å². The fourth-order valence-corrected chi connectivity index (χ4v) is 3.11. The van der Waals surface area contributed by atoms with Crippen molar-refractivity contribution in [3.05, 3.63) is 71.2 Å². The Morgan fingerprint density at radius 1 is 1.17 bits per heavy atom. The summed E-state index contributed by atoms with van der Waals surface area (Å²) in [7, 11) is 1.67. The Hall–Kier alpha value is -2.50. The first kappa shape index (κ1) is 16.4. The highest BCUT2D eigenvalue weighted by Crippen LogP contribution is 2.26. The molecule has 2 aromatic carbocycles. The van der Waals surface area contributed by atoms with Crippen LogP contribution in [0.15, 0.2) is 60.8 Å². The number of carbonyl (C=O) groups excluding carboxylic acids is 1. The van der Waals surface area contributed by atoms with E-state index in [0.29, 0.717) is 4.88 Å². The third-order valence-corrected chi connectivity index (χ3v) is 4.76. The van der Waals surface area contributed by atoms with Crippen molar-refractivity contribution in [3.63, 3.8) is 0 Å². The lowest BCUT2D eigenvalue weighted by Gasteiger charge is -2.11. The molecule has 24 heavy (non-hydrogen) atoms. The van der Waals surface area contributed by atoms with Gasteiger partial charge in [0.1, 0.15) is 9.88 Å². The fraction of sp³-hybridized carbons (Fsp3) is 0.158. The zero-order chi connectivity index (χ0) is 16.9. The second-order valence-electron chi connectivity index (χ2n) is 5.35. The molecule has 0 fully saturated rings. The number of nitrogens with zero attached hydrogens (tertiary/aromatic N) is 1. The molecule has 1 N–H and O–H groups in total. The van der Waals surface area contributed by atoms with E-state index in [9.17, 15) is 4.79 Å². The Morgan fingerprint density at radius 3 is 2.71 bits per heavy atom. The van der Waals surface area contributed by atoms with Crippen LogP contribution in [0.4, 0.5) is 5.69 Å². The summed E-state index contributed by atoms with van der Waals surface area (Å²) in [6.07, 6.45) is 1.60. The SMILES string of the molecule is COC(C)c1cccc(NC(=O)c2cnc(-c3ccccc3)s2)c1. The summed E-state index contributed by atoms with van der Waals surface area (Å²) in [5, 5.41) is 3.75. The number of methoxy groups -OCH3 is 1. The Bertz CT molecular complexity index is 830. The molecule has 0 aliphatic rings. The van der Waals surface area contributed by atoms with Crippen LogP contribution >= 0.6 is 11.3 Å². The van der Waals surface area contributed by atoms with Crippen molar-refractivity contribution in [2.45, 2.75) is 13.0 Å². The number of rotatable bonds is 5. The van der Waals surface area contributed by atoms with Crippen LogP contribution in [0.5, 0.6) is 0 Å². The number of anilines is 1. The van der Waals surface area contributed by atoms with E-state index in [2.05, 4.69) is 10.3 Å². The van der Waals surface area contributed by atoms with Crippen LogP contribution in [-0.4, -0.2) is 18.0 Å². The third kappa shape index (κ3) is 3.69. The maximum Gasteiger partial charge on any atom is 0.267 e. The molecule has 3 aromatic rings. The van der Waals surface area contributed by atoms with E-state index in [4.69, 9.17) is 4.74 Å². The van der Waals surface area contributed by atoms with Gasteiger partial charge in [0.2, 0.25) is 0 Å². The molecular weight excluding hydrogens is 320 g/mol. The van der Waals surface area contributed by atoms with Gasteiger partial charge in [-0.2, -0.15) is 0 Å². The van der Waals surface area contributed by atoms with Gasteiger partial charge in [-0.05, 0) is 24.6 Å². The minimum atomic E-state index is -0.156. The summed E-state index contributed by atoms with van der Waals surface area (Å²) < 4.78 is 5.31. The summed E-state index contributed by atoms with van der Waals surface area (Å²) in [6.45, 7) is 1.97. The fourth-order valence-electron chi connectivity index (χ4n) is 2.29. The number of aromatic nitrogens is 1. The lowest BCUT2D eigenvalue weighted by atomic mass is 10.1. The smallest absolute Gasteiger partial charge is 0.267 e. The molecule has 122 valence electrons. The van der Waals surface area contributed by atoms with E-state index in [1.165, 1.54) is 11.3 Å². The van der Waals surface area contributed by atoms with Crippen LogP contribution < -0.4 is 5.32 Å². The molecule has 4 nitrogen and oxygen atoms in total. The first-order valence-electron chi connectivity index (χ1n) is 7.62. The summed E-state index contributed by atoms with van der Waals surface area (Å²) in [4.78, 5) is 17.4. The van der Waals surface area contributed by atoms with E-state index in [-0.39, 0.29) is 12.0 Å².